The van der Waals surface area contributed by atoms with E-state index < -0.39 is 0 Å². The van der Waals surface area contributed by atoms with Crippen molar-refractivity contribution in [1.82, 2.24) is 10.2 Å². The van der Waals surface area contributed by atoms with Gasteiger partial charge in [-0.15, -0.1) is 0 Å². The number of nitrogens with one attached hydrogen (secondary N) is 1. The van der Waals surface area contributed by atoms with E-state index in [1.807, 2.05) is 0 Å². The van der Waals surface area contributed by atoms with Gasteiger partial charge in [-0.05, 0) is 80.9 Å². The van der Waals surface area contributed by atoms with Crippen molar-refractivity contribution in [1.29, 1.82) is 0 Å². The van der Waals surface area contributed by atoms with Crippen LogP contribution in [0.3, 0.4) is 0 Å². The minimum atomic E-state index is 0.543. The molecule has 3 fully saturated rings. The molecule has 2 aliphatic carbocycles. The standard InChI is InChI=1S/C18H34N2/c1-5-20-10-7-14(8-11-20)13-19-16-12-15-6-9-18(16,4)17(15,2)3/h14-16,19H,5-13H2,1-4H3. The summed E-state index contributed by atoms with van der Waals surface area (Å²) in [5, 5.41) is 3.99. The van der Waals surface area contributed by atoms with Crippen LogP contribution in [0.15, 0.2) is 0 Å². The lowest BCUT2D eigenvalue weighted by atomic mass is 9.69. The Morgan fingerprint density at radius 2 is 1.80 bits per heavy atom. The number of hydrogen-bond donors (Lipinski definition) is 1. The largest absolute Gasteiger partial charge is 0.313 e. The van der Waals surface area contributed by atoms with Crippen LogP contribution in [0.5, 0.6) is 0 Å². The zero-order valence-electron chi connectivity index (χ0n) is 14.0. The van der Waals surface area contributed by atoms with Crippen molar-refractivity contribution < 1.29 is 0 Å². The van der Waals surface area contributed by atoms with E-state index in [4.69, 9.17) is 0 Å². The average Bonchev–Trinajstić information content (AvgIpc) is 2.78. The van der Waals surface area contributed by atoms with Crippen molar-refractivity contribution in [3.8, 4) is 0 Å². The summed E-state index contributed by atoms with van der Waals surface area (Å²) in [5.74, 6) is 1.88. The Bertz CT molecular complexity index is 343. The number of rotatable bonds is 4. The van der Waals surface area contributed by atoms with Crippen LogP contribution in [-0.4, -0.2) is 37.1 Å². The van der Waals surface area contributed by atoms with Crippen LogP contribution in [0.1, 0.15) is 59.8 Å². The van der Waals surface area contributed by atoms with E-state index in [0.717, 1.165) is 17.9 Å². The predicted octanol–water partition coefficient (Wildman–Crippen LogP) is 3.52. The molecule has 3 aliphatic rings. The molecule has 0 aromatic carbocycles. The molecule has 20 heavy (non-hydrogen) atoms. The quantitative estimate of drug-likeness (QED) is 0.846. The molecule has 1 N–H and O–H groups in total. The molecule has 2 heteroatoms. The van der Waals surface area contributed by atoms with Crippen LogP contribution in [0, 0.1) is 22.7 Å². The lowest BCUT2D eigenvalue weighted by Crippen LogP contribution is -2.47. The van der Waals surface area contributed by atoms with Crippen molar-refractivity contribution in [3.63, 3.8) is 0 Å². The van der Waals surface area contributed by atoms with Crippen LogP contribution in [-0.2, 0) is 0 Å². The molecule has 2 nitrogen and oxygen atoms in total. The van der Waals surface area contributed by atoms with Gasteiger partial charge >= 0.3 is 0 Å². The number of fused-ring (bicyclic) bond motifs is 2. The summed E-state index contributed by atoms with van der Waals surface area (Å²) in [5.41, 5.74) is 1.10. The molecular weight excluding hydrogens is 244 g/mol. The zero-order chi connectivity index (χ0) is 14.4. The molecule has 0 amide bonds. The summed E-state index contributed by atoms with van der Waals surface area (Å²) in [6, 6.07) is 0.778. The topological polar surface area (TPSA) is 15.3 Å². The molecule has 2 bridgehead atoms. The summed E-state index contributed by atoms with van der Waals surface area (Å²) >= 11 is 0. The molecule has 0 aromatic heterocycles. The lowest BCUT2D eigenvalue weighted by molar-refractivity contribution is 0.114. The zero-order valence-corrected chi connectivity index (χ0v) is 14.0. The third kappa shape index (κ3) is 2.23. The summed E-state index contributed by atoms with van der Waals surface area (Å²) in [7, 11) is 0. The maximum absolute atomic E-state index is 3.99. The highest BCUT2D eigenvalue weighted by molar-refractivity contribution is 5.13. The van der Waals surface area contributed by atoms with Crippen molar-refractivity contribution in [2.45, 2.75) is 65.8 Å². The second kappa shape index (κ2) is 5.28. The highest BCUT2D eigenvalue weighted by atomic mass is 15.1. The molecule has 0 radical (unpaired) electrons. The Morgan fingerprint density at radius 1 is 1.10 bits per heavy atom. The number of piperidine rings is 1. The number of nitrogens with zero attached hydrogens (tertiary/aromatic N) is 1. The van der Waals surface area contributed by atoms with Crippen molar-refractivity contribution in [2.24, 2.45) is 22.7 Å². The van der Waals surface area contributed by atoms with E-state index in [1.165, 1.54) is 58.3 Å². The van der Waals surface area contributed by atoms with E-state index in [-0.39, 0.29) is 0 Å². The summed E-state index contributed by atoms with van der Waals surface area (Å²) in [6.07, 6.45) is 7.14. The first kappa shape index (κ1) is 14.8. The van der Waals surface area contributed by atoms with Gasteiger partial charge in [0.15, 0.2) is 0 Å². The van der Waals surface area contributed by atoms with E-state index in [9.17, 15) is 0 Å². The first-order chi connectivity index (χ1) is 9.47. The fourth-order valence-electron chi connectivity index (χ4n) is 5.33. The second-order valence-corrected chi connectivity index (χ2v) is 8.45. The van der Waals surface area contributed by atoms with Crippen molar-refractivity contribution >= 4 is 0 Å². The highest BCUT2D eigenvalue weighted by Crippen LogP contribution is 2.65. The molecule has 1 aliphatic heterocycles. The van der Waals surface area contributed by atoms with Crippen LogP contribution in [0.25, 0.3) is 0 Å². The van der Waals surface area contributed by atoms with Crippen LogP contribution < -0.4 is 5.32 Å². The molecule has 2 saturated carbocycles. The fraction of sp³-hybridized carbons (Fsp3) is 1.00. The van der Waals surface area contributed by atoms with Gasteiger partial charge in [-0.2, -0.15) is 0 Å². The van der Waals surface area contributed by atoms with Gasteiger partial charge in [0, 0.05) is 6.04 Å². The smallest absolute Gasteiger partial charge is 0.0129 e. The lowest BCUT2D eigenvalue weighted by Gasteiger charge is -2.40. The van der Waals surface area contributed by atoms with Gasteiger partial charge in [-0.3, -0.25) is 0 Å². The SMILES string of the molecule is CCN1CCC(CNC2CC3CCC2(C)C3(C)C)CC1. The Kier molecular flexibility index (Phi) is 3.92. The molecule has 3 unspecified atom stereocenters. The van der Waals surface area contributed by atoms with E-state index in [2.05, 4.69) is 37.9 Å². The van der Waals surface area contributed by atoms with Gasteiger partial charge in [0.05, 0.1) is 0 Å². The van der Waals surface area contributed by atoms with Gasteiger partial charge in [0.25, 0.3) is 0 Å². The van der Waals surface area contributed by atoms with E-state index in [0.29, 0.717) is 10.8 Å². The Balaban J connectivity index is 1.51. The van der Waals surface area contributed by atoms with Gasteiger partial charge in [0.1, 0.15) is 0 Å². The Hall–Kier alpha value is -0.0800. The predicted molar refractivity (Wildman–Crippen MR) is 85.9 cm³/mol. The maximum atomic E-state index is 3.99. The summed E-state index contributed by atoms with van der Waals surface area (Å²) in [6.45, 7) is 15.0. The third-order valence-corrected chi connectivity index (χ3v) is 7.60. The Labute approximate surface area is 125 Å². The van der Waals surface area contributed by atoms with Crippen molar-refractivity contribution in [3.05, 3.63) is 0 Å². The fourth-order valence-corrected chi connectivity index (χ4v) is 5.33. The van der Waals surface area contributed by atoms with E-state index in [1.54, 1.807) is 0 Å². The van der Waals surface area contributed by atoms with E-state index >= 15 is 0 Å². The first-order valence-corrected chi connectivity index (χ1v) is 8.93. The Morgan fingerprint density at radius 3 is 2.30 bits per heavy atom. The summed E-state index contributed by atoms with van der Waals surface area (Å²) in [4.78, 5) is 2.60. The average molecular weight is 278 g/mol. The normalized spacial score (nSPS) is 41.4. The van der Waals surface area contributed by atoms with Gasteiger partial charge < -0.3 is 10.2 Å². The van der Waals surface area contributed by atoms with Gasteiger partial charge in [0.2, 0.25) is 0 Å². The van der Waals surface area contributed by atoms with Crippen molar-refractivity contribution in [2.75, 3.05) is 26.2 Å². The summed E-state index contributed by atoms with van der Waals surface area (Å²) < 4.78 is 0. The molecular formula is C18H34N2. The second-order valence-electron chi connectivity index (χ2n) is 8.45. The molecule has 3 atom stereocenters. The highest BCUT2D eigenvalue weighted by Gasteiger charge is 2.60. The molecule has 0 aromatic rings. The minimum absolute atomic E-state index is 0.543. The molecule has 3 rings (SSSR count). The maximum Gasteiger partial charge on any atom is 0.0129 e. The van der Waals surface area contributed by atoms with Gasteiger partial charge in [-0.25, -0.2) is 0 Å². The van der Waals surface area contributed by atoms with Crippen LogP contribution in [0.2, 0.25) is 0 Å². The first-order valence-electron chi connectivity index (χ1n) is 8.93. The minimum Gasteiger partial charge on any atom is -0.313 e. The molecule has 1 heterocycles. The van der Waals surface area contributed by atoms with Crippen LogP contribution in [0.4, 0.5) is 0 Å². The van der Waals surface area contributed by atoms with Gasteiger partial charge in [-0.1, -0.05) is 27.7 Å². The molecule has 0 spiro atoms. The number of likely N-dealkylation sites (tertiary alicyclic amines) is 1. The monoisotopic (exact) mass is 278 g/mol. The third-order valence-electron chi connectivity index (χ3n) is 7.60. The molecule has 1 saturated heterocycles. The number of hydrogen-bond acceptors (Lipinski definition) is 2. The molecule has 116 valence electrons. The van der Waals surface area contributed by atoms with Crippen LogP contribution >= 0.6 is 0 Å².